The minimum Gasteiger partial charge on any atom is -0.377 e. The lowest BCUT2D eigenvalue weighted by Gasteiger charge is -2.35. The molecular weight excluding hydrogens is 276 g/mol. The molecule has 0 aromatic heterocycles. The standard InChI is InChI=1S/C17H32N4O/c1-14(2)21-10-5-16(6-11-21)20-17(18-3)19-9-4-15-7-12-22-13-8-15/h7,14,16H,4-6,8-13H2,1-3H3,(H2,18,19,20). The Morgan fingerprint density at radius 3 is 2.77 bits per heavy atom. The number of likely N-dealkylation sites (tertiary alicyclic amines) is 1. The monoisotopic (exact) mass is 308 g/mol. The van der Waals surface area contributed by atoms with Gasteiger partial charge in [0, 0.05) is 38.8 Å². The lowest BCUT2D eigenvalue weighted by Crippen LogP contribution is -2.50. The van der Waals surface area contributed by atoms with Crippen LogP contribution in [0.15, 0.2) is 16.6 Å². The van der Waals surface area contributed by atoms with Crippen molar-refractivity contribution in [3.8, 4) is 0 Å². The van der Waals surface area contributed by atoms with Crippen molar-refractivity contribution < 1.29 is 4.74 Å². The number of piperidine rings is 1. The third kappa shape index (κ3) is 5.61. The van der Waals surface area contributed by atoms with Gasteiger partial charge in [0.25, 0.3) is 0 Å². The molecule has 5 nitrogen and oxygen atoms in total. The van der Waals surface area contributed by atoms with E-state index in [1.807, 2.05) is 7.05 Å². The topological polar surface area (TPSA) is 48.9 Å². The third-order valence-electron chi connectivity index (χ3n) is 4.62. The molecule has 0 radical (unpaired) electrons. The molecule has 2 N–H and O–H groups in total. The Morgan fingerprint density at radius 1 is 1.41 bits per heavy atom. The van der Waals surface area contributed by atoms with E-state index in [1.165, 1.54) is 31.5 Å². The molecule has 5 heteroatoms. The summed E-state index contributed by atoms with van der Waals surface area (Å²) < 4.78 is 5.34. The fourth-order valence-electron chi connectivity index (χ4n) is 3.08. The van der Waals surface area contributed by atoms with Gasteiger partial charge in [-0.15, -0.1) is 0 Å². The molecule has 0 bridgehead atoms. The second-order valence-electron chi connectivity index (χ2n) is 6.48. The van der Waals surface area contributed by atoms with Gasteiger partial charge in [0.2, 0.25) is 0 Å². The Kier molecular flexibility index (Phi) is 7.19. The first-order valence-electron chi connectivity index (χ1n) is 8.66. The molecule has 0 saturated carbocycles. The fourth-order valence-corrected chi connectivity index (χ4v) is 3.08. The van der Waals surface area contributed by atoms with Crippen molar-refractivity contribution in [2.45, 2.75) is 51.6 Å². The van der Waals surface area contributed by atoms with Gasteiger partial charge in [-0.25, -0.2) is 0 Å². The van der Waals surface area contributed by atoms with Crippen LogP contribution >= 0.6 is 0 Å². The second-order valence-corrected chi connectivity index (χ2v) is 6.48. The third-order valence-corrected chi connectivity index (χ3v) is 4.62. The summed E-state index contributed by atoms with van der Waals surface area (Å²) in [6.07, 6.45) is 6.75. The molecule has 22 heavy (non-hydrogen) atoms. The Hall–Kier alpha value is -1.07. The summed E-state index contributed by atoms with van der Waals surface area (Å²) in [6.45, 7) is 9.50. The van der Waals surface area contributed by atoms with Gasteiger partial charge in [-0.1, -0.05) is 11.6 Å². The number of guanidine groups is 1. The zero-order valence-corrected chi connectivity index (χ0v) is 14.4. The van der Waals surface area contributed by atoms with E-state index in [-0.39, 0.29) is 0 Å². The highest BCUT2D eigenvalue weighted by Gasteiger charge is 2.21. The maximum absolute atomic E-state index is 5.34. The lowest BCUT2D eigenvalue weighted by atomic mass is 10.0. The first-order valence-corrected chi connectivity index (χ1v) is 8.66. The lowest BCUT2D eigenvalue weighted by molar-refractivity contribution is 0.153. The Balaban J connectivity index is 1.66. The maximum Gasteiger partial charge on any atom is 0.191 e. The first-order chi connectivity index (χ1) is 10.7. The van der Waals surface area contributed by atoms with Gasteiger partial charge in [0.05, 0.1) is 13.2 Å². The van der Waals surface area contributed by atoms with Crippen molar-refractivity contribution in [2.24, 2.45) is 4.99 Å². The Morgan fingerprint density at radius 2 is 2.18 bits per heavy atom. The summed E-state index contributed by atoms with van der Waals surface area (Å²) >= 11 is 0. The molecule has 2 rings (SSSR count). The second kappa shape index (κ2) is 9.16. The van der Waals surface area contributed by atoms with Crippen molar-refractivity contribution >= 4 is 5.96 Å². The van der Waals surface area contributed by atoms with Crippen LogP contribution in [0.2, 0.25) is 0 Å². The van der Waals surface area contributed by atoms with Crippen LogP contribution in [0.25, 0.3) is 0 Å². The molecule has 2 aliphatic rings. The summed E-state index contributed by atoms with van der Waals surface area (Å²) in [5.74, 6) is 0.940. The molecule has 2 aliphatic heterocycles. The van der Waals surface area contributed by atoms with E-state index in [4.69, 9.17) is 4.74 Å². The van der Waals surface area contributed by atoms with Crippen molar-refractivity contribution in [3.05, 3.63) is 11.6 Å². The number of rotatable bonds is 5. The summed E-state index contributed by atoms with van der Waals surface area (Å²) in [6, 6.07) is 1.20. The predicted octanol–water partition coefficient (Wildman–Crippen LogP) is 1.76. The molecule has 1 fully saturated rings. The van der Waals surface area contributed by atoms with Gasteiger partial charge < -0.3 is 20.3 Å². The number of ether oxygens (including phenoxy) is 1. The molecule has 2 heterocycles. The van der Waals surface area contributed by atoms with Crippen LogP contribution in [0.3, 0.4) is 0 Å². The largest absolute Gasteiger partial charge is 0.377 e. The van der Waals surface area contributed by atoms with E-state index in [0.29, 0.717) is 12.1 Å². The minimum atomic E-state index is 0.545. The van der Waals surface area contributed by atoms with Crippen molar-refractivity contribution in [3.63, 3.8) is 0 Å². The molecule has 1 saturated heterocycles. The summed E-state index contributed by atoms with van der Waals surface area (Å²) in [5.41, 5.74) is 1.50. The summed E-state index contributed by atoms with van der Waals surface area (Å²) in [5, 5.41) is 7.01. The number of hydrogen-bond donors (Lipinski definition) is 2. The van der Waals surface area contributed by atoms with E-state index in [1.54, 1.807) is 0 Å². The van der Waals surface area contributed by atoms with Gasteiger partial charge in [0.15, 0.2) is 5.96 Å². The van der Waals surface area contributed by atoms with Crippen LogP contribution in [0.4, 0.5) is 0 Å². The number of aliphatic imine (C=N–C) groups is 1. The average molecular weight is 308 g/mol. The fraction of sp³-hybridized carbons (Fsp3) is 0.824. The normalized spacial score (nSPS) is 21.8. The molecule has 0 unspecified atom stereocenters. The van der Waals surface area contributed by atoms with Crippen LogP contribution in [-0.4, -0.2) is 62.8 Å². The Bertz CT molecular complexity index is 384. The molecule has 0 atom stereocenters. The SMILES string of the molecule is CN=C(NCCC1=CCOCC1)NC1CCN(C(C)C)CC1. The highest BCUT2D eigenvalue weighted by Crippen LogP contribution is 2.13. The van der Waals surface area contributed by atoms with E-state index < -0.39 is 0 Å². The highest BCUT2D eigenvalue weighted by molar-refractivity contribution is 5.79. The van der Waals surface area contributed by atoms with Gasteiger partial charge in [-0.05, 0) is 39.5 Å². The van der Waals surface area contributed by atoms with Crippen LogP contribution in [-0.2, 0) is 4.74 Å². The predicted molar refractivity (Wildman–Crippen MR) is 92.4 cm³/mol. The first kappa shape index (κ1) is 17.3. The zero-order chi connectivity index (χ0) is 15.8. The van der Waals surface area contributed by atoms with Crippen LogP contribution in [0.5, 0.6) is 0 Å². The smallest absolute Gasteiger partial charge is 0.191 e. The minimum absolute atomic E-state index is 0.545. The molecule has 0 aromatic carbocycles. The average Bonchev–Trinajstić information content (AvgIpc) is 2.55. The quantitative estimate of drug-likeness (QED) is 0.462. The number of nitrogens with one attached hydrogen (secondary N) is 2. The van der Waals surface area contributed by atoms with Gasteiger partial charge in [-0.3, -0.25) is 4.99 Å². The molecule has 0 aromatic rings. The molecule has 126 valence electrons. The van der Waals surface area contributed by atoms with Crippen molar-refractivity contribution in [1.29, 1.82) is 0 Å². The van der Waals surface area contributed by atoms with Crippen LogP contribution < -0.4 is 10.6 Å². The van der Waals surface area contributed by atoms with E-state index in [2.05, 4.69) is 40.4 Å². The number of hydrogen-bond acceptors (Lipinski definition) is 3. The maximum atomic E-state index is 5.34. The summed E-state index contributed by atoms with van der Waals surface area (Å²) in [4.78, 5) is 6.90. The van der Waals surface area contributed by atoms with Gasteiger partial charge >= 0.3 is 0 Å². The zero-order valence-electron chi connectivity index (χ0n) is 14.4. The molecule has 0 aliphatic carbocycles. The highest BCUT2D eigenvalue weighted by atomic mass is 16.5. The van der Waals surface area contributed by atoms with E-state index in [0.717, 1.165) is 38.6 Å². The summed E-state index contributed by atoms with van der Waals surface area (Å²) in [7, 11) is 1.85. The van der Waals surface area contributed by atoms with Crippen LogP contribution in [0, 0.1) is 0 Å². The van der Waals surface area contributed by atoms with Crippen molar-refractivity contribution in [1.82, 2.24) is 15.5 Å². The molecular formula is C17H32N4O. The van der Waals surface area contributed by atoms with Crippen LogP contribution in [0.1, 0.15) is 39.5 Å². The van der Waals surface area contributed by atoms with Gasteiger partial charge in [-0.2, -0.15) is 0 Å². The van der Waals surface area contributed by atoms with E-state index in [9.17, 15) is 0 Å². The van der Waals surface area contributed by atoms with Gasteiger partial charge in [0.1, 0.15) is 0 Å². The van der Waals surface area contributed by atoms with Crippen molar-refractivity contribution in [2.75, 3.05) is 39.9 Å². The molecule has 0 amide bonds. The number of nitrogens with zero attached hydrogens (tertiary/aromatic N) is 2. The Labute approximate surface area is 135 Å². The molecule has 0 spiro atoms. The van der Waals surface area contributed by atoms with E-state index >= 15 is 0 Å².